The Morgan fingerprint density at radius 1 is 1.32 bits per heavy atom. The van der Waals surface area contributed by atoms with Gasteiger partial charge in [-0.25, -0.2) is 0 Å². The summed E-state index contributed by atoms with van der Waals surface area (Å²) < 4.78 is 4.78. The third-order valence-corrected chi connectivity index (χ3v) is 2.05. The summed E-state index contributed by atoms with van der Waals surface area (Å²) in [4.78, 5) is 32.8. The number of nitrogens with one attached hydrogen (secondary N) is 1. The van der Waals surface area contributed by atoms with Gasteiger partial charge in [-0.15, -0.1) is 0 Å². The molecule has 0 radical (unpaired) electrons. The maximum Gasteiger partial charge on any atom is 0.308 e. The van der Waals surface area contributed by atoms with Crippen LogP contribution in [0.25, 0.3) is 0 Å². The molecule has 0 unspecified atom stereocenters. The minimum Gasteiger partial charge on any atom is -0.426 e. The number of carbonyl (C=O) groups is 2. The van der Waals surface area contributed by atoms with Crippen molar-refractivity contribution < 1.29 is 19.2 Å². The van der Waals surface area contributed by atoms with E-state index in [1.807, 2.05) is 0 Å². The van der Waals surface area contributed by atoms with Crippen molar-refractivity contribution in [1.29, 1.82) is 0 Å². The Balaban J connectivity index is 3.16. The Kier molecular flexibility index (Phi) is 4.57. The first-order valence-corrected chi connectivity index (χ1v) is 5.58. The lowest BCUT2D eigenvalue weighted by molar-refractivity contribution is -0.384. The van der Waals surface area contributed by atoms with Crippen molar-refractivity contribution in [2.45, 2.75) is 26.8 Å². The third-order valence-electron chi connectivity index (χ3n) is 2.05. The first kappa shape index (κ1) is 14.6. The SMILES string of the molecule is CC(=O)Oc1cc(C(=O)NC(C)C)cc([N+](=O)[O-])c1. The number of amides is 1. The molecule has 0 aliphatic carbocycles. The number of rotatable bonds is 4. The smallest absolute Gasteiger partial charge is 0.308 e. The van der Waals surface area contributed by atoms with Crippen LogP contribution >= 0.6 is 0 Å². The summed E-state index contributed by atoms with van der Waals surface area (Å²) in [5.41, 5.74) is -0.244. The summed E-state index contributed by atoms with van der Waals surface area (Å²) in [6.45, 7) is 4.71. The highest BCUT2D eigenvalue weighted by Crippen LogP contribution is 2.23. The Bertz CT molecular complexity index is 525. The predicted octanol–water partition coefficient (Wildman–Crippen LogP) is 1.66. The highest BCUT2D eigenvalue weighted by Gasteiger charge is 2.16. The van der Waals surface area contributed by atoms with Crippen LogP contribution in [0.1, 0.15) is 31.1 Å². The molecule has 102 valence electrons. The van der Waals surface area contributed by atoms with E-state index in [2.05, 4.69) is 5.32 Å². The number of nitro groups is 1. The van der Waals surface area contributed by atoms with Gasteiger partial charge in [0.05, 0.1) is 11.0 Å². The molecule has 1 N–H and O–H groups in total. The summed E-state index contributed by atoms with van der Waals surface area (Å²) in [5, 5.41) is 13.4. The highest BCUT2D eigenvalue weighted by atomic mass is 16.6. The van der Waals surface area contributed by atoms with Gasteiger partial charge in [0.15, 0.2) is 0 Å². The first-order chi connectivity index (χ1) is 8.79. The minimum absolute atomic E-state index is 0.0318. The van der Waals surface area contributed by atoms with Gasteiger partial charge in [-0.05, 0) is 19.9 Å². The van der Waals surface area contributed by atoms with Gasteiger partial charge in [0, 0.05) is 24.6 Å². The number of non-ortho nitro benzene ring substituents is 1. The van der Waals surface area contributed by atoms with Crippen molar-refractivity contribution in [3.05, 3.63) is 33.9 Å². The molecule has 1 aromatic carbocycles. The average Bonchev–Trinajstić information content (AvgIpc) is 2.26. The van der Waals surface area contributed by atoms with Gasteiger partial charge in [0.25, 0.3) is 11.6 Å². The second-order valence-electron chi connectivity index (χ2n) is 4.19. The Labute approximate surface area is 109 Å². The number of benzene rings is 1. The Morgan fingerprint density at radius 2 is 1.95 bits per heavy atom. The van der Waals surface area contributed by atoms with Gasteiger partial charge in [-0.1, -0.05) is 0 Å². The van der Waals surface area contributed by atoms with E-state index in [-0.39, 0.29) is 23.0 Å². The standard InChI is InChI=1S/C12H14N2O5/c1-7(2)13-12(16)9-4-10(14(17)18)6-11(5-9)19-8(3)15/h4-7H,1-3H3,(H,13,16). The highest BCUT2D eigenvalue weighted by molar-refractivity contribution is 5.95. The van der Waals surface area contributed by atoms with Crippen LogP contribution in [0.5, 0.6) is 5.75 Å². The molecule has 0 bridgehead atoms. The molecule has 0 saturated heterocycles. The zero-order chi connectivity index (χ0) is 14.6. The molecule has 19 heavy (non-hydrogen) atoms. The van der Waals surface area contributed by atoms with Crippen LogP contribution in [-0.2, 0) is 4.79 Å². The van der Waals surface area contributed by atoms with Gasteiger partial charge in [0.1, 0.15) is 5.75 Å². The predicted molar refractivity (Wildman–Crippen MR) is 67.0 cm³/mol. The molecule has 0 aliphatic heterocycles. The van der Waals surface area contributed by atoms with E-state index in [0.717, 1.165) is 12.1 Å². The zero-order valence-corrected chi connectivity index (χ0v) is 10.8. The molecule has 0 spiro atoms. The van der Waals surface area contributed by atoms with Gasteiger partial charge in [-0.3, -0.25) is 19.7 Å². The largest absolute Gasteiger partial charge is 0.426 e. The van der Waals surface area contributed by atoms with Crippen molar-refractivity contribution in [3.63, 3.8) is 0 Å². The minimum atomic E-state index is -0.654. The van der Waals surface area contributed by atoms with E-state index < -0.39 is 16.8 Å². The molecule has 7 heteroatoms. The lowest BCUT2D eigenvalue weighted by Crippen LogP contribution is -2.30. The average molecular weight is 266 g/mol. The molecule has 7 nitrogen and oxygen atoms in total. The van der Waals surface area contributed by atoms with Gasteiger partial charge in [0.2, 0.25) is 0 Å². The molecule has 1 rings (SSSR count). The topological polar surface area (TPSA) is 98.5 Å². The molecule has 0 atom stereocenters. The fourth-order valence-electron chi connectivity index (χ4n) is 1.39. The molecule has 0 aliphatic rings. The number of hydrogen-bond donors (Lipinski definition) is 1. The van der Waals surface area contributed by atoms with Crippen LogP contribution in [0, 0.1) is 10.1 Å². The second kappa shape index (κ2) is 5.94. The Hall–Kier alpha value is -2.44. The second-order valence-corrected chi connectivity index (χ2v) is 4.19. The van der Waals surface area contributed by atoms with Crippen LogP contribution in [-0.4, -0.2) is 22.8 Å². The number of ether oxygens (including phenoxy) is 1. The quantitative estimate of drug-likeness (QED) is 0.386. The van der Waals surface area contributed by atoms with E-state index in [4.69, 9.17) is 4.74 Å². The zero-order valence-electron chi connectivity index (χ0n) is 10.8. The molecule has 0 aromatic heterocycles. The van der Waals surface area contributed by atoms with E-state index in [1.165, 1.54) is 13.0 Å². The third kappa shape index (κ3) is 4.38. The first-order valence-electron chi connectivity index (χ1n) is 5.58. The van der Waals surface area contributed by atoms with Crippen LogP contribution in [0.3, 0.4) is 0 Å². The molecule has 1 amide bonds. The van der Waals surface area contributed by atoms with Gasteiger partial charge < -0.3 is 10.1 Å². The maximum absolute atomic E-state index is 11.8. The van der Waals surface area contributed by atoms with E-state index in [9.17, 15) is 19.7 Å². The molecule has 0 saturated carbocycles. The molecular weight excluding hydrogens is 252 g/mol. The van der Waals surface area contributed by atoms with Crippen molar-refractivity contribution in [2.24, 2.45) is 0 Å². The molecule has 1 aromatic rings. The van der Waals surface area contributed by atoms with Gasteiger partial charge >= 0.3 is 5.97 Å². The number of nitrogens with zero attached hydrogens (tertiary/aromatic N) is 1. The summed E-state index contributed by atoms with van der Waals surface area (Å²) in [7, 11) is 0. The van der Waals surface area contributed by atoms with Crippen molar-refractivity contribution in [2.75, 3.05) is 0 Å². The lowest BCUT2D eigenvalue weighted by Gasteiger charge is -2.09. The summed E-state index contributed by atoms with van der Waals surface area (Å²) >= 11 is 0. The van der Waals surface area contributed by atoms with Crippen molar-refractivity contribution in [1.82, 2.24) is 5.32 Å². The fourth-order valence-corrected chi connectivity index (χ4v) is 1.39. The fraction of sp³-hybridized carbons (Fsp3) is 0.333. The number of nitro benzene ring substituents is 1. The molecular formula is C12H14N2O5. The molecule has 0 heterocycles. The van der Waals surface area contributed by atoms with Crippen LogP contribution in [0.4, 0.5) is 5.69 Å². The van der Waals surface area contributed by atoms with Gasteiger partial charge in [-0.2, -0.15) is 0 Å². The van der Waals surface area contributed by atoms with E-state index >= 15 is 0 Å². The van der Waals surface area contributed by atoms with Crippen LogP contribution in [0.2, 0.25) is 0 Å². The summed E-state index contributed by atoms with van der Waals surface area (Å²) in [6.07, 6.45) is 0. The van der Waals surface area contributed by atoms with E-state index in [0.29, 0.717) is 0 Å². The Morgan fingerprint density at radius 3 is 2.42 bits per heavy atom. The van der Waals surface area contributed by atoms with Crippen LogP contribution < -0.4 is 10.1 Å². The van der Waals surface area contributed by atoms with Crippen molar-refractivity contribution >= 4 is 17.6 Å². The van der Waals surface area contributed by atoms with Crippen molar-refractivity contribution in [3.8, 4) is 5.75 Å². The van der Waals surface area contributed by atoms with Crippen LogP contribution in [0.15, 0.2) is 18.2 Å². The monoisotopic (exact) mass is 266 g/mol. The normalized spacial score (nSPS) is 10.1. The molecule has 0 fully saturated rings. The summed E-state index contributed by atoms with van der Waals surface area (Å²) in [6, 6.07) is 3.40. The number of esters is 1. The lowest BCUT2D eigenvalue weighted by atomic mass is 10.1. The van der Waals surface area contributed by atoms with E-state index in [1.54, 1.807) is 13.8 Å². The maximum atomic E-state index is 11.8. The number of hydrogen-bond acceptors (Lipinski definition) is 5. The summed E-state index contributed by atoms with van der Waals surface area (Å²) in [5.74, 6) is -1.11. The number of carbonyl (C=O) groups excluding carboxylic acids is 2.